The van der Waals surface area contributed by atoms with E-state index in [0.717, 1.165) is 10.9 Å². The molecule has 1 unspecified atom stereocenters. The highest BCUT2D eigenvalue weighted by atomic mass is 79.9. The number of nitrogens with one attached hydrogen (secondary N) is 1. The Morgan fingerprint density at radius 1 is 1.39 bits per heavy atom. The fourth-order valence-corrected chi connectivity index (χ4v) is 2.30. The maximum atomic E-state index is 12.1. The van der Waals surface area contributed by atoms with Gasteiger partial charge in [0.25, 0.3) is 5.91 Å². The lowest BCUT2D eigenvalue weighted by atomic mass is 9.90. The molecule has 3 nitrogen and oxygen atoms in total. The number of benzene rings is 1. The zero-order chi connectivity index (χ0) is 13.8. The van der Waals surface area contributed by atoms with Crippen molar-refractivity contribution in [1.82, 2.24) is 5.32 Å². The van der Waals surface area contributed by atoms with Gasteiger partial charge in [0.05, 0.1) is 0 Å². The summed E-state index contributed by atoms with van der Waals surface area (Å²) in [5, 5.41) is 3.03. The van der Waals surface area contributed by atoms with Crippen molar-refractivity contribution in [1.29, 1.82) is 0 Å². The molecule has 0 radical (unpaired) electrons. The van der Waals surface area contributed by atoms with Crippen molar-refractivity contribution in [3.05, 3.63) is 34.3 Å². The summed E-state index contributed by atoms with van der Waals surface area (Å²) in [4.78, 5) is 12.1. The van der Waals surface area contributed by atoms with E-state index in [2.05, 4.69) is 35.1 Å². The average Bonchev–Trinajstić information content (AvgIpc) is 2.28. The normalized spacial score (nSPS) is 14.3. The van der Waals surface area contributed by atoms with Crippen LogP contribution in [0, 0.1) is 5.92 Å². The SMILES string of the molecule is CC(C)CC(C)(CN)NC(=O)c1ccc(Br)cc1. The van der Waals surface area contributed by atoms with E-state index in [0.29, 0.717) is 18.0 Å². The highest BCUT2D eigenvalue weighted by Gasteiger charge is 2.26. The number of hydrogen-bond donors (Lipinski definition) is 2. The number of carbonyl (C=O) groups excluding carboxylic acids is 1. The van der Waals surface area contributed by atoms with Crippen molar-refractivity contribution in [2.24, 2.45) is 11.7 Å². The van der Waals surface area contributed by atoms with Gasteiger partial charge < -0.3 is 11.1 Å². The summed E-state index contributed by atoms with van der Waals surface area (Å²) in [7, 11) is 0. The third-order valence-corrected chi connectivity index (χ3v) is 3.36. The Balaban J connectivity index is 2.76. The monoisotopic (exact) mass is 312 g/mol. The summed E-state index contributed by atoms with van der Waals surface area (Å²) < 4.78 is 0.961. The van der Waals surface area contributed by atoms with Crippen LogP contribution in [0.2, 0.25) is 0 Å². The summed E-state index contributed by atoms with van der Waals surface area (Å²) in [5.74, 6) is 0.417. The molecule has 1 aromatic carbocycles. The fourth-order valence-electron chi connectivity index (χ4n) is 2.03. The molecule has 3 N–H and O–H groups in total. The summed E-state index contributed by atoms with van der Waals surface area (Å²) in [6.45, 7) is 6.68. The lowest BCUT2D eigenvalue weighted by molar-refractivity contribution is 0.0898. The van der Waals surface area contributed by atoms with Gasteiger partial charge in [-0.05, 0) is 43.5 Å². The van der Waals surface area contributed by atoms with Crippen LogP contribution in [0.3, 0.4) is 0 Å². The van der Waals surface area contributed by atoms with Crippen LogP contribution in [0.1, 0.15) is 37.6 Å². The molecule has 100 valence electrons. The van der Waals surface area contributed by atoms with E-state index in [-0.39, 0.29) is 11.4 Å². The Morgan fingerprint density at radius 2 is 1.94 bits per heavy atom. The first-order valence-corrected chi connectivity index (χ1v) is 6.94. The van der Waals surface area contributed by atoms with E-state index < -0.39 is 0 Å². The Morgan fingerprint density at radius 3 is 2.39 bits per heavy atom. The average molecular weight is 313 g/mol. The second kappa shape index (κ2) is 6.34. The molecule has 0 bridgehead atoms. The van der Waals surface area contributed by atoms with Gasteiger partial charge in [0.15, 0.2) is 0 Å². The number of hydrogen-bond acceptors (Lipinski definition) is 2. The summed E-state index contributed by atoms with van der Waals surface area (Å²) in [6.07, 6.45) is 0.867. The zero-order valence-electron chi connectivity index (χ0n) is 11.2. The number of nitrogens with two attached hydrogens (primary N) is 1. The third kappa shape index (κ3) is 4.42. The van der Waals surface area contributed by atoms with Gasteiger partial charge in [0, 0.05) is 22.1 Å². The highest BCUT2D eigenvalue weighted by Crippen LogP contribution is 2.17. The molecule has 1 aromatic rings. The van der Waals surface area contributed by atoms with Gasteiger partial charge in [-0.25, -0.2) is 0 Å². The number of halogens is 1. The van der Waals surface area contributed by atoms with Crippen molar-refractivity contribution >= 4 is 21.8 Å². The van der Waals surface area contributed by atoms with Crippen molar-refractivity contribution < 1.29 is 4.79 Å². The molecular weight excluding hydrogens is 292 g/mol. The molecule has 1 amide bonds. The van der Waals surface area contributed by atoms with E-state index in [9.17, 15) is 4.79 Å². The van der Waals surface area contributed by atoms with Gasteiger partial charge in [-0.2, -0.15) is 0 Å². The maximum absolute atomic E-state index is 12.1. The van der Waals surface area contributed by atoms with Crippen LogP contribution >= 0.6 is 15.9 Å². The minimum atomic E-state index is -0.349. The molecule has 0 saturated carbocycles. The molecule has 18 heavy (non-hydrogen) atoms. The van der Waals surface area contributed by atoms with E-state index in [4.69, 9.17) is 5.73 Å². The van der Waals surface area contributed by atoms with E-state index >= 15 is 0 Å². The lowest BCUT2D eigenvalue weighted by Crippen LogP contribution is -2.52. The Bertz CT molecular complexity index is 403. The molecule has 0 aliphatic rings. The first-order chi connectivity index (χ1) is 8.36. The summed E-state index contributed by atoms with van der Waals surface area (Å²) >= 11 is 3.35. The number of rotatable bonds is 5. The fraction of sp³-hybridized carbons (Fsp3) is 0.500. The van der Waals surface area contributed by atoms with Gasteiger partial charge in [-0.15, -0.1) is 0 Å². The first-order valence-electron chi connectivity index (χ1n) is 6.14. The Kier molecular flexibility index (Phi) is 5.35. The zero-order valence-corrected chi connectivity index (χ0v) is 12.8. The molecule has 0 fully saturated rings. The van der Waals surface area contributed by atoms with Crippen LogP contribution in [0.15, 0.2) is 28.7 Å². The second-order valence-corrected chi connectivity index (χ2v) is 6.24. The Labute approximate surface area is 117 Å². The molecule has 0 aliphatic carbocycles. The number of amides is 1. The van der Waals surface area contributed by atoms with Gasteiger partial charge in [-0.1, -0.05) is 29.8 Å². The van der Waals surface area contributed by atoms with Gasteiger partial charge in [-0.3, -0.25) is 4.79 Å². The standard InChI is InChI=1S/C14H21BrN2O/c1-10(2)8-14(3,9-16)17-13(18)11-4-6-12(15)7-5-11/h4-7,10H,8-9,16H2,1-3H3,(H,17,18). The molecule has 0 spiro atoms. The molecule has 0 aromatic heterocycles. The molecule has 1 atom stereocenters. The largest absolute Gasteiger partial charge is 0.346 e. The first kappa shape index (κ1) is 15.2. The molecule has 0 heterocycles. The number of carbonyl (C=O) groups is 1. The minimum absolute atomic E-state index is 0.0731. The smallest absolute Gasteiger partial charge is 0.251 e. The quantitative estimate of drug-likeness (QED) is 0.878. The molecule has 0 aliphatic heterocycles. The lowest BCUT2D eigenvalue weighted by Gasteiger charge is -2.31. The van der Waals surface area contributed by atoms with Crippen LogP contribution in [-0.4, -0.2) is 18.0 Å². The Hall–Kier alpha value is -0.870. The predicted molar refractivity (Wildman–Crippen MR) is 78.5 cm³/mol. The van der Waals surface area contributed by atoms with Gasteiger partial charge >= 0.3 is 0 Å². The van der Waals surface area contributed by atoms with E-state index in [1.165, 1.54) is 0 Å². The van der Waals surface area contributed by atoms with Gasteiger partial charge in [0.2, 0.25) is 0 Å². The van der Waals surface area contributed by atoms with Crippen molar-refractivity contribution in [2.45, 2.75) is 32.7 Å². The van der Waals surface area contributed by atoms with Crippen LogP contribution in [0.25, 0.3) is 0 Å². The van der Waals surface area contributed by atoms with Crippen LogP contribution in [-0.2, 0) is 0 Å². The molecule has 4 heteroatoms. The van der Waals surface area contributed by atoms with Crippen LogP contribution < -0.4 is 11.1 Å². The third-order valence-electron chi connectivity index (χ3n) is 2.83. The summed E-state index contributed by atoms with van der Waals surface area (Å²) in [6, 6.07) is 7.31. The van der Waals surface area contributed by atoms with E-state index in [1.54, 1.807) is 12.1 Å². The van der Waals surface area contributed by atoms with Crippen molar-refractivity contribution in [3.63, 3.8) is 0 Å². The predicted octanol–water partition coefficient (Wildman–Crippen LogP) is 2.94. The van der Waals surface area contributed by atoms with Crippen molar-refractivity contribution in [3.8, 4) is 0 Å². The molecule has 0 saturated heterocycles. The van der Waals surface area contributed by atoms with Crippen LogP contribution in [0.4, 0.5) is 0 Å². The maximum Gasteiger partial charge on any atom is 0.251 e. The topological polar surface area (TPSA) is 55.1 Å². The molecular formula is C14H21BrN2O. The van der Waals surface area contributed by atoms with Crippen molar-refractivity contribution in [2.75, 3.05) is 6.54 Å². The molecule has 1 rings (SSSR count). The van der Waals surface area contributed by atoms with E-state index in [1.807, 2.05) is 19.1 Å². The van der Waals surface area contributed by atoms with Gasteiger partial charge in [0.1, 0.15) is 0 Å². The van der Waals surface area contributed by atoms with Crippen LogP contribution in [0.5, 0.6) is 0 Å². The minimum Gasteiger partial charge on any atom is -0.346 e. The second-order valence-electron chi connectivity index (χ2n) is 5.32. The summed E-state index contributed by atoms with van der Waals surface area (Å²) in [5.41, 5.74) is 6.09. The highest BCUT2D eigenvalue weighted by molar-refractivity contribution is 9.10.